The van der Waals surface area contributed by atoms with Crippen LogP contribution in [0.1, 0.15) is 32.6 Å². The van der Waals surface area contributed by atoms with Crippen LogP contribution in [0.25, 0.3) is 0 Å². The minimum Gasteiger partial charge on any atom is -0.384 e. The first-order chi connectivity index (χ1) is 10.5. The molecule has 2 aliphatic rings. The van der Waals surface area contributed by atoms with Gasteiger partial charge in [-0.3, -0.25) is 10.8 Å². The van der Waals surface area contributed by atoms with E-state index in [0.717, 1.165) is 50.0 Å². The third-order valence-electron chi connectivity index (χ3n) is 4.27. The Labute approximate surface area is 132 Å². The van der Waals surface area contributed by atoms with Crippen LogP contribution in [0.15, 0.2) is 40.8 Å². The summed E-state index contributed by atoms with van der Waals surface area (Å²) in [6, 6.07) is 0. The lowest BCUT2D eigenvalue weighted by atomic mass is 9.93. The second-order valence-electron chi connectivity index (χ2n) is 6.05. The number of hydrazone groups is 1. The summed E-state index contributed by atoms with van der Waals surface area (Å²) in [5.41, 5.74) is 17.0. The standard InChI is InChI=1S/C16H26N6/c1-3-4-6-16(19)7-9-22(11-16)14-5-8-20-21-10-13(12(14)2)15(17)18/h5,8,10,21H,2-4,6-7,9,11,19H2,1H3,(H3,17,18)/b13-10+,14-5?,20-8-. The van der Waals surface area contributed by atoms with E-state index in [4.69, 9.17) is 16.9 Å². The number of allylic oxidation sites excluding steroid dienone is 2. The average molecular weight is 302 g/mol. The van der Waals surface area contributed by atoms with Crippen molar-refractivity contribution in [1.82, 2.24) is 10.3 Å². The topological polar surface area (TPSA) is 104 Å². The monoisotopic (exact) mass is 302 g/mol. The summed E-state index contributed by atoms with van der Waals surface area (Å²) < 4.78 is 0. The first-order valence-corrected chi connectivity index (χ1v) is 7.74. The molecule has 22 heavy (non-hydrogen) atoms. The predicted octanol–water partition coefficient (Wildman–Crippen LogP) is 1.43. The molecule has 1 saturated heterocycles. The van der Waals surface area contributed by atoms with Crippen LogP contribution in [-0.4, -0.2) is 35.6 Å². The van der Waals surface area contributed by atoms with Crippen molar-refractivity contribution >= 4 is 12.1 Å². The van der Waals surface area contributed by atoms with Gasteiger partial charge in [-0.1, -0.05) is 26.3 Å². The van der Waals surface area contributed by atoms with Gasteiger partial charge in [-0.2, -0.15) is 5.10 Å². The van der Waals surface area contributed by atoms with Crippen LogP contribution in [0.4, 0.5) is 0 Å². The molecule has 0 aromatic rings. The number of hydrogen-bond acceptors (Lipinski definition) is 5. The molecule has 0 amide bonds. The highest BCUT2D eigenvalue weighted by atomic mass is 15.3. The fourth-order valence-corrected chi connectivity index (χ4v) is 2.95. The van der Waals surface area contributed by atoms with E-state index >= 15 is 0 Å². The number of hydrogen-bond donors (Lipinski definition) is 4. The number of likely N-dealkylation sites (tertiary alicyclic amines) is 1. The van der Waals surface area contributed by atoms with Crippen molar-refractivity contribution in [2.75, 3.05) is 13.1 Å². The van der Waals surface area contributed by atoms with Crippen LogP contribution in [-0.2, 0) is 0 Å². The second-order valence-corrected chi connectivity index (χ2v) is 6.05. The maximum Gasteiger partial charge on any atom is 0.124 e. The van der Waals surface area contributed by atoms with Gasteiger partial charge in [0.25, 0.3) is 0 Å². The number of nitrogens with zero attached hydrogens (tertiary/aromatic N) is 2. The van der Waals surface area contributed by atoms with Gasteiger partial charge < -0.3 is 16.4 Å². The number of nitrogens with two attached hydrogens (primary N) is 2. The molecule has 6 N–H and O–H groups in total. The van der Waals surface area contributed by atoms with Crippen LogP contribution in [0.3, 0.4) is 0 Å². The normalized spacial score (nSPS) is 29.0. The average Bonchev–Trinajstić information content (AvgIpc) is 2.83. The van der Waals surface area contributed by atoms with Gasteiger partial charge in [0.15, 0.2) is 0 Å². The quantitative estimate of drug-likeness (QED) is 0.455. The molecule has 2 heterocycles. The van der Waals surface area contributed by atoms with Gasteiger partial charge in [-0.15, -0.1) is 0 Å². The van der Waals surface area contributed by atoms with E-state index in [2.05, 4.69) is 28.9 Å². The van der Waals surface area contributed by atoms with E-state index in [-0.39, 0.29) is 11.4 Å². The third-order valence-corrected chi connectivity index (χ3v) is 4.27. The predicted molar refractivity (Wildman–Crippen MR) is 91.5 cm³/mol. The van der Waals surface area contributed by atoms with Crippen LogP contribution < -0.4 is 16.9 Å². The van der Waals surface area contributed by atoms with Crippen molar-refractivity contribution in [3.05, 3.63) is 35.7 Å². The van der Waals surface area contributed by atoms with Gasteiger partial charge in [0.2, 0.25) is 0 Å². The van der Waals surface area contributed by atoms with Crippen LogP contribution in [0.5, 0.6) is 0 Å². The Morgan fingerprint density at radius 3 is 3.05 bits per heavy atom. The Kier molecular flexibility index (Phi) is 5.03. The zero-order valence-electron chi connectivity index (χ0n) is 13.2. The smallest absolute Gasteiger partial charge is 0.124 e. The molecule has 2 aliphatic heterocycles. The van der Waals surface area contributed by atoms with E-state index in [1.807, 2.05) is 6.08 Å². The summed E-state index contributed by atoms with van der Waals surface area (Å²) in [6.45, 7) is 7.98. The first-order valence-electron chi connectivity index (χ1n) is 7.74. The maximum atomic E-state index is 7.70. The van der Waals surface area contributed by atoms with E-state index < -0.39 is 0 Å². The van der Waals surface area contributed by atoms with E-state index in [1.165, 1.54) is 0 Å². The van der Waals surface area contributed by atoms with Crippen LogP contribution >= 0.6 is 0 Å². The summed E-state index contributed by atoms with van der Waals surface area (Å²) in [4.78, 5) is 2.23. The molecule has 0 bridgehead atoms. The highest BCUT2D eigenvalue weighted by Crippen LogP contribution is 2.31. The minimum atomic E-state index is -0.144. The highest BCUT2D eigenvalue weighted by molar-refractivity contribution is 6.00. The molecule has 0 radical (unpaired) electrons. The van der Waals surface area contributed by atoms with Crippen molar-refractivity contribution < 1.29 is 0 Å². The lowest BCUT2D eigenvalue weighted by Crippen LogP contribution is -2.42. The molecule has 6 heteroatoms. The van der Waals surface area contributed by atoms with E-state index in [1.54, 1.807) is 12.4 Å². The van der Waals surface area contributed by atoms with Gasteiger partial charge in [0.1, 0.15) is 5.84 Å². The van der Waals surface area contributed by atoms with Gasteiger partial charge in [-0.05, 0) is 18.9 Å². The molecule has 0 saturated carbocycles. The number of rotatable bonds is 5. The Hall–Kier alpha value is -2.08. The molecular formula is C16H26N6. The lowest BCUT2D eigenvalue weighted by molar-refractivity contribution is 0.357. The van der Waals surface area contributed by atoms with Gasteiger partial charge in [-0.25, -0.2) is 0 Å². The molecular weight excluding hydrogens is 276 g/mol. The fraction of sp³-hybridized carbons (Fsp3) is 0.500. The summed E-state index contributed by atoms with van der Waals surface area (Å²) in [6.07, 6.45) is 9.50. The molecule has 6 nitrogen and oxygen atoms in total. The Morgan fingerprint density at radius 1 is 1.59 bits per heavy atom. The van der Waals surface area contributed by atoms with Crippen molar-refractivity contribution in [3.8, 4) is 0 Å². The van der Waals surface area contributed by atoms with Crippen molar-refractivity contribution in [1.29, 1.82) is 5.41 Å². The first kappa shape index (κ1) is 16.3. The Balaban J connectivity index is 2.19. The summed E-state index contributed by atoms with van der Waals surface area (Å²) in [5, 5.41) is 11.7. The van der Waals surface area contributed by atoms with Crippen molar-refractivity contribution in [2.24, 2.45) is 16.6 Å². The van der Waals surface area contributed by atoms with Crippen molar-refractivity contribution in [2.45, 2.75) is 38.1 Å². The number of unbranched alkanes of at least 4 members (excludes halogenated alkanes) is 1. The Morgan fingerprint density at radius 2 is 2.36 bits per heavy atom. The molecule has 0 spiro atoms. The molecule has 0 aliphatic carbocycles. The molecule has 1 unspecified atom stereocenters. The summed E-state index contributed by atoms with van der Waals surface area (Å²) >= 11 is 0. The summed E-state index contributed by atoms with van der Waals surface area (Å²) in [7, 11) is 0. The van der Waals surface area contributed by atoms with E-state index in [0.29, 0.717) is 5.57 Å². The lowest BCUT2D eigenvalue weighted by Gasteiger charge is -2.28. The molecule has 1 fully saturated rings. The van der Waals surface area contributed by atoms with Crippen molar-refractivity contribution in [3.63, 3.8) is 0 Å². The van der Waals surface area contributed by atoms with Gasteiger partial charge in [0.05, 0.1) is 0 Å². The molecule has 2 rings (SSSR count). The zero-order chi connectivity index (χ0) is 16.2. The maximum absolute atomic E-state index is 7.70. The van der Waals surface area contributed by atoms with Gasteiger partial charge >= 0.3 is 0 Å². The fourth-order valence-electron chi connectivity index (χ4n) is 2.95. The molecule has 0 aromatic heterocycles. The number of amidine groups is 1. The largest absolute Gasteiger partial charge is 0.384 e. The molecule has 1 atom stereocenters. The van der Waals surface area contributed by atoms with Crippen LogP contribution in [0, 0.1) is 5.41 Å². The second kappa shape index (κ2) is 6.79. The minimum absolute atomic E-state index is 0.0234. The highest BCUT2D eigenvalue weighted by Gasteiger charge is 2.35. The van der Waals surface area contributed by atoms with E-state index in [9.17, 15) is 0 Å². The SMILES string of the molecule is C=C1C(N2CCC(N)(CCCC)C2)=C/C=N\N/C=C\1C(=N)N. The third kappa shape index (κ3) is 3.57. The summed E-state index contributed by atoms with van der Waals surface area (Å²) in [5.74, 6) is -0.0234. The molecule has 0 aromatic carbocycles. The zero-order valence-corrected chi connectivity index (χ0v) is 13.2. The van der Waals surface area contributed by atoms with Crippen LogP contribution in [0.2, 0.25) is 0 Å². The molecule has 120 valence electrons. The van der Waals surface area contributed by atoms with Gasteiger partial charge in [0, 0.05) is 47.9 Å². The Bertz CT molecular complexity index is 545. The number of nitrogens with one attached hydrogen (secondary N) is 2.